The van der Waals surface area contributed by atoms with Crippen molar-refractivity contribution in [1.82, 2.24) is 0 Å². The first-order valence-corrected chi connectivity index (χ1v) is 9.71. The number of carbonyl (C=O) groups is 2. The van der Waals surface area contributed by atoms with Gasteiger partial charge in [0.05, 0.1) is 6.10 Å². The molecule has 4 nitrogen and oxygen atoms in total. The Hall–Kier alpha value is -1.10. The van der Waals surface area contributed by atoms with Crippen LogP contribution < -0.4 is 0 Å². The fourth-order valence-electron chi connectivity index (χ4n) is 1.27. The molecular weight excluding hydrogens is 248 g/mol. The summed E-state index contributed by atoms with van der Waals surface area (Å²) >= 11 is 0. The van der Waals surface area contributed by atoms with Crippen LogP contribution in [0.3, 0.4) is 0 Å². The number of ether oxygens (including phenoxy) is 1. The summed E-state index contributed by atoms with van der Waals surface area (Å²) in [6, 6.07) is 0. The van der Waals surface area contributed by atoms with Crippen LogP contribution in [-0.2, 0) is 18.8 Å². The fourth-order valence-corrected chi connectivity index (χ4v) is 1.93. The van der Waals surface area contributed by atoms with Crippen molar-refractivity contribution in [2.75, 3.05) is 0 Å². The SMILES string of the molecule is CCCC(=CC(=O)O[Si](C)(C)C)C(=O)OC(C)C. The van der Waals surface area contributed by atoms with Crippen molar-refractivity contribution in [3.8, 4) is 0 Å². The molecule has 0 rings (SSSR count). The van der Waals surface area contributed by atoms with Gasteiger partial charge in [0.15, 0.2) is 0 Å². The third-order valence-electron chi connectivity index (χ3n) is 1.82. The normalized spacial score (nSPS) is 12.5. The minimum Gasteiger partial charge on any atom is -0.517 e. The van der Waals surface area contributed by atoms with Crippen LogP contribution in [0.2, 0.25) is 19.6 Å². The van der Waals surface area contributed by atoms with E-state index < -0.39 is 20.3 Å². The van der Waals surface area contributed by atoms with Gasteiger partial charge in [0.25, 0.3) is 0 Å². The predicted molar refractivity (Wildman–Crippen MR) is 73.7 cm³/mol. The van der Waals surface area contributed by atoms with E-state index in [1.165, 1.54) is 6.08 Å². The molecule has 0 saturated heterocycles. The molecule has 0 N–H and O–H groups in total. The summed E-state index contributed by atoms with van der Waals surface area (Å²) in [6.07, 6.45) is 2.38. The lowest BCUT2D eigenvalue weighted by Crippen LogP contribution is -2.28. The highest BCUT2D eigenvalue weighted by Crippen LogP contribution is 2.11. The van der Waals surface area contributed by atoms with Gasteiger partial charge in [-0.25, -0.2) is 9.59 Å². The molecule has 0 heterocycles. The Morgan fingerprint density at radius 2 is 1.78 bits per heavy atom. The van der Waals surface area contributed by atoms with Crippen LogP contribution in [-0.4, -0.2) is 26.4 Å². The first-order valence-electron chi connectivity index (χ1n) is 6.30. The van der Waals surface area contributed by atoms with Crippen molar-refractivity contribution >= 4 is 20.3 Å². The predicted octanol–water partition coefficient (Wildman–Crippen LogP) is 3.04. The second-order valence-corrected chi connectivity index (χ2v) is 9.84. The molecule has 0 aromatic carbocycles. The van der Waals surface area contributed by atoms with Gasteiger partial charge in [-0.05, 0) is 39.9 Å². The first-order chi connectivity index (χ1) is 8.15. The minimum absolute atomic E-state index is 0.189. The van der Waals surface area contributed by atoms with Crippen LogP contribution in [0.25, 0.3) is 0 Å². The zero-order valence-corrected chi connectivity index (χ0v) is 13.2. The smallest absolute Gasteiger partial charge is 0.334 e. The van der Waals surface area contributed by atoms with Gasteiger partial charge in [-0.1, -0.05) is 13.3 Å². The van der Waals surface area contributed by atoms with E-state index in [0.717, 1.165) is 6.42 Å². The van der Waals surface area contributed by atoms with Crippen molar-refractivity contribution in [2.24, 2.45) is 0 Å². The van der Waals surface area contributed by atoms with Gasteiger partial charge in [0.2, 0.25) is 8.32 Å². The minimum atomic E-state index is -1.92. The molecule has 0 amide bonds. The topological polar surface area (TPSA) is 52.6 Å². The molecule has 0 bridgehead atoms. The summed E-state index contributed by atoms with van der Waals surface area (Å²) in [5.41, 5.74) is 0.384. The second-order valence-electron chi connectivity index (χ2n) is 5.41. The van der Waals surface area contributed by atoms with E-state index in [-0.39, 0.29) is 6.10 Å². The highest BCUT2D eigenvalue weighted by Gasteiger charge is 2.20. The van der Waals surface area contributed by atoms with Crippen LogP contribution >= 0.6 is 0 Å². The standard InChI is InChI=1S/C13H24O4Si/c1-7-8-11(13(15)16-10(2)3)9-12(14)17-18(4,5)6/h9-10H,7-8H2,1-6H3. The summed E-state index contributed by atoms with van der Waals surface area (Å²) in [5.74, 6) is -0.877. The molecule has 0 unspecified atom stereocenters. The Morgan fingerprint density at radius 1 is 1.22 bits per heavy atom. The maximum atomic E-state index is 11.8. The number of rotatable bonds is 6. The van der Waals surface area contributed by atoms with Crippen LogP contribution in [0.5, 0.6) is 0 Å². The molecule has 0 aliphatic heterocycles. The highest BCUT2D eigenvalue weighted by molar-refractivity contribution is 6.71. The lowest BCUT2D eigenvalue weighted by atomic mass is 10.1. The summed E-state index contributed by atoms with van der Waals surface area (Å²) in [7, 11) is -1.92. The summed E-state index contributed by atoms with van der Waals surface area (Å²) < 4.78 is 10.4. The Morgan fingerprint density at radius 3 is 2.17 bits per heavy atom. The Bertz CT molecular complexity index is 326. The van der Waals surface area contributed by atoms with Crippen LogP contribution in [0.1, 0.15) is 33.6 Å². The highest BCUT2D eigenvalue weighted by atomic mass is 28.4. The molecule has 0 fully saturated rings. The molecule has 0 atom stereocenters. The van der Waals surface area contributed by atoms with Gasteiger partial charge < -0.3 is 9.16 Å². The van der Waals surface area contributed by atoms with Gasteiger partial charge in [0, 0.05) is 11.6 Å². The van der Waals surface area contributed by atoms with Gasteiger partial charge >= 0.3 is 11.9 Å². The van der Waals surface area contributed by atoms with Crippen LogP contribution in [0.15, 0.2) is 11.6 Å². The number of esters is 1. The van der Waals surface area contributed by atoms with E-state index >= 15 is 0 Å². The Kier molecular flexibility index (Phi) is 6.91. The molecule has 0 aromatic rings. The zero-order chi connectivity index (χ0) is 14.3. The largest absolute Gasteiger partial charge is 0.517 e. The molecule has 0 spiro atoms. The maximum Gasteiger partial charge on any atom is 0.334 e. The lowest BCUT2D eigenvalue weighted by Gasteiger charge is -2.16. The summed E-state index contributed by atoms with van der Waals surface area (Å²) in [6.45, 7) is 11.3. The van der Waals surface area contributed by atoms with E-state index in [2.05, 4.69) is 0 Å². The van der Waals surface area contributed by atoms with Gasteiger partial charge in [-0.3, -0.25) is 0 Å². The first kappa shape index (κ1) is 16.9. The third kappa shape index (κ3) is 8.06. The van der Waals surface area contributed by atoms with Gasteiger partial charge in [-0.2, -0.15) is 0 Å². The molecule has 104 valence electrons. The number of hydrogen-bond donors (Lipinski definition) is 0. The van der Waals surface area contributed by atoms with Crippen molar-refractivity contribution < 1.29 is 18.8 Å². The molecule has 0 aliphatic rings. The lowest BCUT2D eigenvalue weighted by molar-refractivity contribution is -0.143. The molecule has 0 aliphatic carbocycles. The van der Waals surface area contributed by atoms with Crippen molar-refractivity contribution in [3.63, 3.8) is 0 Å². The number of carbonyl (C=O) groups excluding carboxylic acids is 2. The molecule has 0 saturated carbocycles. The summed E-state index contributed by atoms with van der Waals surface area (Å²) in [5, 5.41) is 0. The molecule has 0 aromatic heterocycles. The van der Waals surface area contributed by atoms with Crippen LogP contribution in [0, 0.1) is 0 Å². The monoisotopic (exact) mass is 272 g/mol. The van der Waals surface area contributed by atoms with Gasteiger partial charge in [0.1, 0.15) is 0 Å². The Balaban J connectivity index is 4.77. The van der Waals surface area contributed by atoms with Crippen molar-refractivity contribution in [1.29, 1.82) is 0 Å². The van der Waals surface area contributed by atoms with E-state index in [4.69, 9.17) is 9.16 Å². The Labute approximate surface area is 110 Å². The van der Waals surface area contributed by atoms with Crippen molar-refractivity contribution in [3.05, 3.63) is 11.6 Å². The zero-order valence-electron chi connectivity index (χ0n) is 12.2. The number of hydrogen-bond acceptors (Lipinski definition) is 4. The van der Waals surface area contributed by atoms with E-state index in [1.54, 1.807) is 13.8 Å². The molecule has 5 heteroatoms. The summed E-state index contributed by atoms with van der Waals surface area (Å²) in [4.78, 5) is 23.4. The second kappa shape index (κ2) is 7.36. The van der Waals surface area contributed by atoms with Gasteiger partial charge in [-0.15, -0.1) is 0 Å². The van der Waals surface area contributed by atoms with Crippen LogP contribution in [0.4, 0.5) is 0 Å². The maximum absolute atomic E-state index is 11.8. The van der Waals surface area contributed by atoms with Crippen molar-refractivity contribution in [2.45, 2.75) is 59.4 Å². The third-order valence-corrected chi connectivity index (χ3v) is 2.64. The molecule has 18 heavy (non-hydrogen) atoms. The van der Waals surface area contributed by atoms with E-state index in [1.807, 2.05) is 26.6 Å². The molecular formula is C13H24O4Si. The molecule has 0 radical (unpaired) electrons. The average molecular weight is 272 g/mol. The van der Waals surface area contributed by atoms with E-state index in [0.29, 0.717) is 12.0 Å². The van der Waals surface area contributed by atoms with E-state index in [9.17, 15) is 9.59 Å². The quantitative estimate of drug-likeness (QED) is 0.423. The average Bonchev–Trinajstić information content (AvgIpc) is 2.12. The fraction of sp³-hybridized carbons (Fsp3) is 0.692.